The van der Waals surface area contributed by atoms with Gasteiger partial charge in [-0.25, -0.2) is 0 Å². The molecule has 1 saturated carbocycles. The number of nitrogens with one attached hydrogen (secondary N) is 1. The van der Waals surface area contributed by atoms with Crippen LogP contribution in [0.5, 0.6) is 5.75 Å². The molecule has 0 saturated heterocycles. The van der Waals surface area contributed by atoms with Gasteiger partial charge in [-0.1, -0.05) is 18.2 Å². The highest BCUT2D eigenvalue weighted by Crippen LogP contribution is 2.30. The summed E-state index contributed by atoms with van der Waals surface area (Å²) in [5, 5.41) is 3.41. The molecule has 1 unspecified atom stereocenters. The Kier molecular flexibility index (Phi) is 5.23. The molecular formula is C17H25NO3. The van der Waals surface area contributed by atoms with E-state index in [2.05, 4.69) is 5.32 Å². The topological polar surface area (TPSA) is 47.6 Å². The van der Waals surface area contributed by atoms with Crippen LogP contribution in [0.25, 0.3) is 0 Å². The average molecular weight is 291 g/mol. The molecule has 1 fully saturated rings. The fourth-order valence-electron chi connectivity index (χ4n) is 2.42. The van der Waals surface area contributed by atoms with E-state index in [9.17, 15) is 4.79 Å². The molecule has 1 aromatic rings. The normalized spacial score (nSPS) is 17.1. The third-order valence-corrected chi connectivity index (χ3v) is 3.94. The fraction of sp³-hybridized carbons (Fsp3) is 0.588. The van der Waals surface area contributed by atoms with E-state index in [-0.39, 0.29) is 5.97 Å². The molecule has 4 heteroatoms. The molecule has 1 N–H and O–H groups in total. The van der Waals surface area contributed by atoms with Crippen LogP contribution in [-0.4, -0.2) is 31.8 Å². The van der Waals surface area contributed by atoms with E-state index in [0.717, 1.165) is 17.9 Å². The first-order chi connectivity index (χ1) is 10.1. The minimum Gasteiger partial charge on any atom is -0.496 e. The Morgan fingerprint density at radius 3 is 2.71 bits per heavy atom. The average Bonchev–Trinajstić information content (AvgIpc) is 3.30. The lowest BCUT2D eigenvalue weighted by Gasteiger charge is -2.29. The van der Waals surface area contributed by atoms with Crippen molar-refractivity contribution in [2.45, 2.75) is 38.6 Å². The largest absolute Gasteiger partial charge is 0.496 e. The molecule has 1 aliphatic rings. The molecule has 1 aromatic carbocycles. The molecule has 0 heterocycles. The molecule has 0 aliphatic heterocycles. The molecule has 116 valence electrons. The summed E-state index contributed by atoms with van der Waals surface area (Å²) in [6.07, 6.45) is 3.06. The van der Waals surface area contributed by atoms with Crippen LogP contribution in [0.3, 0.4) is 0 Å². The van der Waals surface area contributed by atoms with E-state index in [0.29, 0.717) is 18.9 Å². The number of methoxy groups -OCH3 is 1. The summed E-state index contributed by atoms with van der Waals surface area (Å²) < 4.78 is 10.7. The summed E-state index contributed by atoms with van der Waals surface area (Å²) in [4.78, 5) is 12.4. The molecule has 2 rings (SSSR count). The van der Waals surface area contributed by atoms with Gasteiger partial charge in [0.1, 0.15) is 11.3 Å². The van der Waals surface area contributed by atoms with Gasteiger partial charge in [0.15, 0.2) is 0 Å². The van der Waals surface area contributed by atoms with Crippen molar-refractivity contribution in [1.82, 2.24) is 5.32 Å². The second-order valence-electron chi connectivity index (χ2n) is 5.87. The lowest BCUT2D eigenvalue weighted by molar-refractivity contribution is -0.150. The Morgan fingerprint density at radius 1 is 1.38 bits per heavy atom. The zero-order chi connectivity index (χ0) is 15.3. The molecule has 0 spiro atoms. The number of carbonyl (C=O) groups is 1. The van der Waals surface area contributed by atoms with Gasteiger partial charge >= 0.3 is 5.97 Å². The maximum Gasteiger partial charge on any atom is 0.326 e. The molecule has 0 radical (unpaired) electrons. The number of para-hydroxylation sites is 1. The van der Waals surface area contributed by atoms with Gasteiger partial charge in [-0.3, -0.25) is 4.79 Å². The number of rotatable bonds is 8. The monoisotopic (exact) mass is 291 g/mol. The summed E-state index contributed by atoms with van der Waals surface area (Å²) in [6.45, 7) is 5.01. The minimum absolute atomic E-state index is 0.198. The Labute approximate surface area is 126 Å². The maximum atomic E-state index is 12.4. The quantitative estimate of drug-likeness (QED) is 0.748. The van der Waals surface area contributed by atoms with Crippen LogP contribution in [0.2, 0.25) is 0 Å². The summed E-state index contributed by atoms with van der Waals surface area (Å²) in [5.41, 5.74) is 0.298. The second kappa shape index (κ2) is 6.94. The molecule has 0 bridgehead atoms. The lowest BCUT2D eigenvalue weighted by Crippen LogP contribution is -2.53. The number of hydrogen-bond donors (Lipinski definition) is 1. The van der Waals surface area contributed by atoms with Crippen LogP contribution in [0.4, 0.5) is 0 Å². The summed E-state index contributed by atoms with van der Waals surface area (Å²) in [6, 6.07) is 7.81. The predicted octanol–water partition coefficient (Wildman–Crippen LogP) is 2.56. The van der Waals surface area contributed by atoms with Crippen LogP contribution < -0.4 is 10.1 Å². The molecule has 1 atom stereocenters. The van der Waals surface area contributed by atoms with Gasteiger partial charge in [-0.15, -0.1) is 0 Å². The van der Waals surface area contributed by atoms with E-state index < -0.39 is 5.54 Å². The standard InChI is InChI=1S/C17H25NO3/c1-4-21-16(19)17(2,18-12-13-9-10-13)11-14-7-5-6-8-15(14)20-3/h5-8,13,18H,4,9-12H2,1-3H3. The van der Waals surface area contributed by atoms with Crippen molar-refractivity contribution in [3.8, 4) is 5.75 Å². The molecule has 0 aromatic heterocycles. The molecule has 1 aliphatic carbocycles. The van der Waals surface area contributed by atoms with Gasteiger partial charge in [-0.05, 0) is 50.8 Å². The van der Waals surface area contributed by atoms with Crippen molar-refractivity contribution in [2.24, 2.45) is 5.92 Å². The third-order valence-electron chi connectivity index (χ3n) is 3.94. The van der Waals surface area contributed by atoms with E-state index in [1.54, 1.807) is 7.11 Å². The highest BCUT2D eigenvalue weighted by molar-refractivity contribution is 5.81. The Morgan fingerprint density at radius 2 is 2.10 bits per heavy atom. The Balaban J connectivity index is 2.14. The highest BCUT2D eigenvalue weighted by Gasteiger charge is 2.37. The van der Waals surface area contributed by atoms with Crippen LogP contribution >= 0.6 is 0 Å². The summed E-state index contributed by atoms with van der Waals surface area (Å²) in [7, 11) is 1.65. The molecule has 4 nitrogen and oxygen atoms in total. The smallest absolute Gasteiger partial charge is 0.326 e. The van der Waals surface area contributed by atoms with Crippen molar-refractivity contribution < 1.29 is 14.3 Å². The van der Waals surface area contributed by atoms with E-state index in [1.165, 1.54) is 12.8 Å². The van der Waals surface area contributed by atoms with Crippen molar-refractivity contribution in [1.29, 1.82) is 0 Å². The van der Waals surface area contributed by atoms with E-state index in [4.69, 9.17) is 9.47 Å². The number of carbonyl (C=O) groups excluding carboxylic acids is 1. The molecule has 21 heavy (non-hydrogen) atoms. The van der Waals surface area contributed by atoms with E-state index >= 15 is 0 Å². The van der Waals surface area contributed by atoms with Gasteiger partial charge in [0, 0.05) is 6.42 Å². The van der Waals surface area contributed by atoms with Crippen LogP contribution in [0, 0.1) is 5.92 Å². The second-order valence-corrected chi connectivity index (χ2v) is 5.87. The maximum absolute atomic E-state index is 12.4. The van der Waals surface area contributed by atoms with Crippen molar-refractivity contribution in [2.75, 3.05) is 20.3 Å². The minimum atomic E-state index is -0.715. The first kappa shape index (κ1) is 15.8. The number of hydrogen-bond acceptors (Lipinski definition) is 4. The first-order valence-electron chi connectivity index (χ1n) is 7.63. The van der Waals surface area contributed by atoms with Gasteiger partial charge in [0.2, 0.25) is 0 Å². The first-order valence-corrected chi connectivity index (χ1v) is 7.63. The van der Waals surface area contributed by atoms with Gasteiger partial charge in [0.05, 0.1) is 13.7 Å². The van der Waals surface area contributed by atoms with Gasteiger partial charge in [0.25, 0.3) is 0 Å². The third kappa shape index (κ3) is 4.21. The highest BCUT2D eigenvalue weighted by atomic mass is 16.5. The summed E-state index contributed by atoms with van der Waals surface area (Å²) in [5.74, 6) is 1.31. The zero-order valence-electron chi connectivity index (χ0n) is 13.1. The number of esters is 1. The number of benzene rings is 1. The van der Waals surface area contributed by atoms with Crippen molar-refractivity contribution in [3.63, 3.8) is 0 Å². The van der Waals surface area contributed by atoms with E-state index in [1.807, 2.05) is 38.1 Å². The molecular weight excluding hydrogens is 266 g/mol. The van der Waals surface area contributed by atoms with Gasteiger partial charge in [-0.2, -0.15) is 0 Å². The van der Waals surface area contributed by atoms with Crippen molar-refractivity contribution >= 4 is 5.97 Å². The SMILES string of the molecule is CCOC(=O)C(C)(Cc1ccccc1OC)NCC1CC1. The summed E-state index contributed by atoms with van der Waals surface area (Å²) >= 11 is 0. The Bertz CT molecular complexity index is 485. The predicted molar refractivity (Wildman–Crippen MR) is 82.5 cm³/mol. The lowest BCUT2D eigenvalue weighted by atomic mass is 9.92. The molecule has 0 amide bonds. The van der Waals surface area contributed by atoms with Crippen molar-refractivity contribution in [3.05, 3.63) is 29.8 Å². The van der Waals surface area contributed by atoms with Crippen LogP contribution in [-0.2, 0) is 16.0 Å². The zero-order valence-corrected chi connectivity index (χ0v) is 13.1. The van der Waals surface area contributed by atoms with Crippen LogP contribution in [0.1, 0.15) is 32.3 Å². The van der Waals surface area contributed by atoms with Gasteiger partial charge < -0.3 is 14.8 Å². The number of ether oxygens (including phenoxy) is 2. The Hall–Kier alpha value is -1.55. The van der Waals surface area contributed by atoms with Crippen LogP contribution in [0.15, 0.2) is 24.3 Å². The fourth-order valence-corrected chi connectivity index (χ4v) is 2.42.